The predicted molar refractivity (Wildman–Crippen MR) is 278 cm³/mol. The Bertz CT molecular complexity index is 3010. The fourth-order valence-corrected chi connectivity index (χ4v) is 13.2. The van der Waals surface area contributed by atoms with Gasteiger partial charge in [-0.25, -0.2) is 9.59 Å². The SMILES string of the molecule is C/C(CO)=C1\CCc2ccc3c(c2)CC#CC[C@@]2(C4CCCCC4)Oc4ccc5c(CO)c([C@H](CCO)COCO)c(=O)oc5c4[C@@H](OC(=O)C[C@H]4C[C@H](c5cccc(Cc6ccccc6)c5)CC[C@H]34)[C@@H]2OC1=O. The van der Waals surface area contributed by atoms with Gasteiger partial charge in [0.25, 0.3) is 0 Å². The molecule has 2 fully saturated rings. The highest BCUT2D eigenvalue weighted by molar-refractivity contribution is 5.90. The third kappa shape index (κ3) is 10.3. The highest BCUT2D eigenvalue weighted by atomic mass is 16.6. The van der Waals surface area contributed by atoms with E-state index in [4.69, 9.17) is 23.4 Å². The number of esters is 2. The fraction of sp³-hybridized carbons (Fsp3) is 0.468. The first-order chi connectivity index (χ1) is 36.1. The third-order valence-corrected chi connectivity index (χ3v) is 16.9. The van der Waals surface area contributed by atoms with E-state index in [2.05, 4.69) is 78.6 Å². The maximum absolute atomic E-state index is 15.5. The molecule has 7 atom stereocenters. The molecule has 0 saturated heterocycles. The molecule has 2 aliphatic carbocycles. The molecule has 2 saturated carbocycles. The first kappa shape index (κ1) is 51.4. The van der Waals surface area contributed by atoms with E-state index in [9.17, 15) is 25.2 Å². The number of aliphatic hydroxyl groups excluding tert-OH is 4. The number of aryl methyl sites for hydroxylation is 1. The molecule has 10 rings (SSSR count). The van der Waals surface area contributed by atoms with Crippen LogP contribution in [0.2, 0.25) is 0 Å². The summed E-state index contributed by atoms with van der Waals surface area (Å²) in [7, 11) is 0. The van der Waals surface area contributed by atoms with E-state index in [1.54, 1.807) is 19.1 Å². The monoisotopic (exact) mass is 1000 g/mol. The zero-order valence-electron chi connectivity index (χ0n) is 42.3. The summed E-state index contributed by atoms with van der Waals surface area (Å²) in [6.45, 7) is -0.307. The Labute approximate surface area is 432 Å². The standard InChI is InChI=1S/C62H68O12/c1-38(34-64)48-21-18-40-19-22-49-44(30-40)14-8-9-27-62(47-16-6-3-7-17-47)59(73-60(48)68)58(56-53(74-62)25-24-51-52(35-65)55(61(69)72-57(51)56)45(26-28-63)36-70-37-66)71-54(67)33-46-32-43(20-23-50(46)49)42-15-10-13-41(31-42)29-39-11-4-2-5-12-39/h2,4-5,10-13,15,19,22,24-25,30-31,43,45-47,50,58-59,63-66H,3,6-7,14,16-18,20-21,23,26-29,32-37H2,1H3/b48-38-/t43-,45-,46-,50+,58-,59+,62+/m1/s1. The first-order valence-electron chi connectivity index (χ1n) is 26.7. The predicted octanol–water partition coefficient (Wildman–Crippen LogP) is 9.48. The molecule has 0 amide bonds. The molecule has 4 aromatic carbocycles. The van der Waals surface area contributed by atoms with Crippen molar-refractivity contribution in [2.45, 2.75) is 145 Å². The van der Waals surface area contributed by atoms with Gasteiger partial charge in [0.1, 0.15) is 18.1 Å². The Morgan fingerprint density at radius 2 is 1.68 bits per heavy atom. The van der Waals surface area contributed by atoms with Crippen molar-refractivity contribution in [1.29, 1.82) is 0 Å². The Morgan fingerprint density at radius 3 is 2.46 bits per heavy atom. The van der Waals surface area contributed by atoms with Gasteiger partial charge in [-0.1, -0.05) is 104 Å². The van der Waals surface area contributed by atoms with Crippen LogP contribution in [0.15, 0.2) is 105 Å². The minimum Gasteiger partial charge on any atom is -0.481 e. The molecule has 5 aromatic rings. The number of ether oxygens (including phenoxy) is 4. The number of rotatable bonds is 12. The molecule has 4 heterocycles. The quantitative estimate of drug-likeness (QED) is 0.0306. The molecular formula is C62H68O12. The van der Waals surface area contributed by atoms with Crippen LogP contribution in [0.1, 0.15) is 158 Å². The van der Waals surface area contributed by atoms with Gasteiger partial charge >= 0.3 is 17.6 Å². The maximum Gasteiger partial charge on any atom is 0.340 e. The molecule has 5 aliphatic rings. The molecule has 0 radical (unpaired) electrons. The van der Waals surface area contributed by atoms with Crippen LogP contribution in [-0.4, -0.2) is 70.7 Å². The van der Waals surface area contributed by atoms with Crippen LogP contribution >= 0.6 is 0 Å². The number of carbonyl (C=O) groups is 2. The van der Waals surface area contributed by atoms with Gasteiger partial charge in [0.2, 0.25) is 0 Å². The van der Waals surface area contributed by atoms with Crippen LogP contribution in [0, 0.1) is 23.7 Å². The van der Waals surface area contributed by atoms with E-state index in [0.717, 1.165) is 74.5 Å². The van der Waals surface area contributed by atoms with Crippen molar-refractivity contribution < 1.29 is 53.4 Å². The van der Waals surface area contributed by atoms with Gasteiger partial charge < -0.3 is 43.8 Å². The lowest BCUT2D eigenvalue weighted by Gasteiger charge is -2.51. The lowest BCUT2D eigenvalue weighted by Crippen LogP contribution is -2.60. The van der Waals surface area contributed by atoms with Crippen molar-refractivity contribution >= 4 is 22.9 Å². The van der Waals surface area contributed by atoms with Crippen LogP contribution < -0.4 is 10.4 Å². The summed E-state index contributed by atoms with van der Waals surface area (Å²) in [5.74, 6) is 5.28. The largest absolute Gasteiger partial charge is 0.481 e. The number of hydrogen-bond donors (Lipinski definition) is 4. The summed E-state index contributed by atoms with van der Waals surface area (Å²) >= 11 is 0. The first-order valence-corrected chi connectivity index (χ1v) is 26.7. The Morgan fingerprint density at radius 1 is 0.851 bits per heavy atom. The summed E-state index contributed by atoms with van der Waals surface area (Å²) in [6, 6.07) is 29.3. The van der Waals surface area contributed by atoms with Gasteiger partial charge in [-0.15, -0.1) is 0 Å². The van der Waals surface area contributed by atoms with Crippen LogP contribution in [0.25, 0.3) is 11.0 Å². The average Bonchev–Trinajstić information content (AvgIpc) is 3.43. The van der Waals surface area contributed by atoms with Gasteiger partial charge in [-0.3, -0.25) is 4.79 Å². The zero-order chi connectivity index (χ0) is 51.3. The van der Waals surface area contributed by atoms with Crippen LogP contribution in [0.4, 0.5) is 0 Å². The number of hydrogen-bond acceptors (Lipinski definition) is 12. The van der Waals surface area contributed by atoms with Crippen LogP contribution in [-0.2, 0) is 49.7 Å². The zero-order valence-corrected chi connectivity index (χ0v) is 42.3. The van der Waals surface area contributed by atoms with Crippen molar-refractivity contribution in [1.82, 2.24) is 0 Å². The molecule has 5 bridgehead atoms. The minimum atomic E-state index is -1.37. The number of carbonyl (C=O) groups excluding carboxylic acids is 2. The highest BCUT2D eigenvalue weighted by Crippen LogP contribution is 2.55. The molecular weight excluding hydrogens is 937 g/mol. The van der Waals surface area contributed by atoms with Crippen molar-refractivity contribution in [2.75, 3.05) is 26.6 Å². The third-order valence-electron chi connectivity index (χ3n) is 16.9. The fourth-order valence-electron chi connectivity index (χ4n) is 13.2. The lowest BCUT2D eigenvalue weighted by atomic mass is 9.67. The Kier molecular flexibility index (Phi) is 15.9. The highest BCUT2D eigenvalue weighted by Gasteiger charge is 2.59. The lowest BCUT2D eigenvalue weighted by molar-refractivity contribution is -0.204. The molecule has 12 heteroatoms. The second-order valence-electron chi connectivity index (χ2n) is 21.3. The second kappa shape index (κ2) is 22.8. The van der Waals surface area contributed by atoms with E-state index in [1.807, 2.05) is 6.07 Å². The molecule has 12 nitrogen and oxygen atoms in total. The van der Waals surface area contributed by atoms with Gasteiger partial charge in [-0.2, -0.15) is 0 Å². The van der Waals surface area contributed by atoms with Gasteiger partial charge in [0.15, 0.2) is 17.8 Å². The number of aliphatic hydroxyl groups is 4. The molecule has 1 aromatic heterocycles. The molecule has 0 unspecified atom stereocenters. The molecule has 74 heavy (non-hydrogen) atoms. The van der Waals surface area contributed by atoms with Crippen LogP contribution in [0.3, 0.4) is 0 Å². The topological polar surface area (TPSA) is 182 Å². The Hall–Kier alpha value is -6.07. The minimum absolute atomic E-state index is 0.00120. The second-order valence-corrected chi connectivity index (χ2v) is 21.3. The number of fused-ring (bicyclic) bond motifs is 9. The van der Waals surface area contributed by atoms with E-state index in [1.165, 1.54) is 16.7 Å². The van der Waals surface area contributed by atoms with Crippen molar-refractivity contribution in [3.63, 3.8) is 0 Å². The van der Waals surface area contributed by atoms with Crippen molar-refractivity contribution in [2.24, 2.45) is 11.8 Å². The van der Waals surface area contributed by atoms with Crippen LogP contribution in [0.5, 0.6) is 5.75 Å². The van der Waals surface area contributed by atoms with Gasteiger partial charge in [0.05, 0.1) is 31.8 Å². The van der Waals surface area contributed by atoms with Crippen molar-refractivity contribution in [3.8, 4) is 17.6 Å². The summed E-state index contributed by atoms with van der Waals surface area (Å²) < 4.78 is 32.9. The molecule has 388 valence electrons. The molecule has 3 aliphatic heterocycles. The summed E-state index contributed by atoms with van der Waals surface area (Å²) in [5.41, 5.74) is 6.11. The Balaban J connectivity index is 1.16. The van der Waals surface area contributed by atoms with E-state index in [0.29, 0.717) is 29.4 Å². The molecule has 0 spiro atoms. The van der Waals surface area contributed by atoms with Gasteiger partial charge in [-0.05, 0) is 139 Å². The average molecular weight is 1010 g/mol. The van der Waals surface area contributed by atoms with E-state index < -0.39 is 54.7 Å². The van der Waals surface area contributed by atoms with E-state index in [-0.39, 0.29) is 97.2 Å². The maximum atomic E-state index is 15.5. The normalized spacial score (nSPS) is 25.2. The molecule has 4 N–H and O–H groups in total. The number of benzene rings is 4. The van der Waals surface area contributed by atoms with Crippen molar-refractivity contribution in [3.05, 3.63) is 157 Å². The smallest absolute Gasteiger partial charge is 0.340 e. The summed E-state index contributed by atoms with van der Waals surface area (Å²) in [5, 5.41) is 41.7. The van der Waals surface area contributed by atoms with Gasteiger partial charge in [0, 0.05) is 47.8 Å². The summed E-state index contributed by atoms with van der Waals surface area (Å²) in [6.07, 6.45) is 6.38. The summed E-state index contributed by atoms with van der Waals surface area (Å²) in [4.78, 5) is 45.1. The van der Waals surface area contributed by atoms with E-state index >= 15 is 9.59 Å².